The number of carbonyl (C=O) groups is 2. The minimum atomic E-state index is -0.728. The number of amides is 2. The molecule has 38 heavy (non-hydrogen) atoms. The Morgan fingerprint density at radius 1 is 0.921 bits per heavy atom. The summed E-state index contributed by atoms with van der Waals surface area (Å²) in [6, 6.07) is 22.3. The zero-order valence-corrected chi connectivity index (χ0v) is 24.3. The zero-order valence-electron chi connectivity index (χ0n) is 22.7. The number of methoxy groups -OCH3 is 1. The minimum absolute atomic E-state index is 0.0683. The third-order valence-corrected chi connectivity index (χ3v) is 6.78. The van der Waals surface area contributed by atoms with Crippen molar-refractivity contribution in [1.82, 2.24) is 10.2 Å². The number of hydrogen-bond donors (Lipinski definition) is 1. The summed E-state index contributed by atoms with van der Waals surface area (Å²) >= 11 is 3.57. The Bertz CT molecular complexity index is 1210. The maximum atomic E-state index is 13.8. The summed E-state index contributed by atoms with van der Waals surface area (Å²) in [5.41, 5.74) is 2.99. The summed E-state index contributed by atoms with van der Waals surface area (Å²) in [6.45, 7) is 8.09. The molecule has 1 atom stereocenters. The number of halogens is 1. The fourth-order valence-corrected chi connectivity index (χ4v) is 4.63. The lowest BCUT2D eigenvalue weighted by Crippen LogP contribution is -2.52. The summed E-state index contributed by atoms with van der Waals surface area (Å²) in [5, 5.41) is 3.00. The molecule has 0 spiro atoms. The molecule has 0 heterocycles. The highest BCUT2D eigenvalue weighted by Gasteiger charge is 2.31. The van der Waals surface area contributed by atoms with Crippen LogP contribution >= 0.6 is 15.9 Å². The van der Waals surface area contributed by atoms with Gasteiger partial charge in [0.05, 0.1) is 11.6 Å². The Hall–Kier alpha value is -3.32. The maximum Gasteiger partial charge on any atom is 0.261 e. The van der Waals surface area contributed by atoms with Gasteiger partial charge in [0.15, 0.2) is 6.61 Å². The Labute approximate surface area is 234 Å². The molecule has 0 aliphatic carbocycles. The first-order valence-corrected chi connectivity index (χ1v) is 13.7. The zero-order chi connectivity index (χ0) is 27.7. The Kier molecular flexibility index (Phi) is 10.8. The van der Waals surface area contributed by atoms with E-state index in [1.54, 1.807) is 12.0 Å². The first kappa shape index (κ1) is 29.2. The summed E-state index contributed by atoms with van der Waals surface area (Å²) in [6.07, 6.45) is 0.377. The van der Waals surface area contributed by atoms with Crippen molar-refractivity contribution in [3.63, 3.8) is 0 Å². The summed E-state index contributed by atoms with van der Waals surface area (Å²) in [7, 11) is 1.60. The van der Waals surface area contributed by atoms with Crippen molar-refractivity contribution < 1.29 is 19.1 Å². The fourth-order valence-electron chi connectivity index (χ4n) is 4.12. The lowest BCUT2D eigenvalue weighted by Gasteiger charge is -2.32. The second-order valence-electron chi connectivity index (χ2n) is 9.88. The lowest BCUT2D eigenvalue weighted by atomic mass is 10.0. The monoisotopic (exact) mass is 580 g/mol. The van der Waals surface area contributed by atoms with Crippen molar-refractivity contribution >= 4 is 27.7 Å². The SMILES string of the molecule is COc1cccc(CN(C(=O)COc2ccc(C(C)C)cc2Br)[C@@H](Cc2ccccc2)C(=O)NC(C)C)c1. The minimum Gasteiger partial charge on any atom is -0.497 e. The molecule has 0 aliphatic heterocycles. The molecule has 0 saturated heterocycles. The van der Waals surface area contributed by atoms with Crippen LogP contribution in [0.15, 0.2) is 77.3 Å². The largest absolute Gasteiger partial charge is 0.497 e. The van der Waals surface area contributed by atoms with E-state index in [9.17, 15) is 9.59 Å². The molecule has 3 rings (SSSR count). The van der Waals surface area contributed by atoms with Gasteiger partial charge in [-0.1, -0.05) is 62.4 Å². The highest BCUT2D eigenvalue weighted by molar-refractivity contribution is 9.10. The van der Waals surface area contributed by atoms with Gasteiger partial charge < -0.3 is 19.7 Å². The van der Waals surface area contributed by atoms with Gasteiger partial charge in [0.25, 0.3) is 5.91 Å². The maximum absolute atomic E-state index is 13.8. The number of rotatable bonds is 12. The van der Waals surface area contributed by atoms with E-state index in [0.717, 1.165) is 15.6 Å². The summed E-state index contributed by atoms with van der Waals surface area (Å²) < 4.78 is 12.1. The lowest BCUT2D eigenvalue weighted by molar-refractivity contribution is -0.143. The quantitative estimate of drug-likeness (QED) is 0.280. The topological polar surface area (TPSA) is 67.9 Å². The van der Waals surface area contributed by atoms with E-state index >= 15 is 0 Å². The number of nitrogens with zero attached hydrogens (tertiary/aromatic N) is 1. The Morgan fingerprint density at radius 3 is 2.26 bits per heavy atom. The second kappa shape index (κ2) is 14.0. The standard InChI is InChI=1S/C31H37BrN2O4/c1-21(2)25-14-15-29(27(32)18-25)38-20-30(35)34(19-24-12-9-13-26(16-24)37-5)28(31(36)33-22(3)4)17-23-10-7-6-8-11-23/h6-16,18,21-22,28H,17,19-20H2,1-5H3,(H,33,36)/t28-/m0/s1. The van der Waals surface area contributed by atoms with E-state index in [4.69, 9.17) is 9.47 Å². The molecule has 0 unspecified atom stereocenters. The average Bonchev–Trinajstić information content (AvgIpc) is 2.90. The van der Waals surface area contributed by atoms with Crippen LogP contribution < -0.4 is 14.8 Å². The normalized spacial score (nSPS) is 11.8. The number of hydrogen-bond acceptors (Lipinski definition) is 4. The van der Waals surface area contributed by atoms with E-state index in [2.05, 4.69) is 35.1 Å². The van der Waals surface area contributed by atoms with Crippen LogP contribution in [0.4, 0.5) is 0 Å². The van der Waals surface area contributed by atoms with Crippen molar-refractivity contribution in [2.24, 2.45) is 0 Å². The molecule has 2 amide bonds. The first-order chi connectivity index (χ1) is 18.2. The van der Waals surface area contributed by atoms with Gasteiger partial charge in [0, 0.05) is 19.0 Å². The molecule has 0 radical (unpaired) electrons. The predicted octanol–water partition coefficient (Wildman–Crippen LogP) is 6.12. The fraction of sp³-hybridized carbons (Fsp3) is 0.355. The van der Waals surface area contributed by atoms with Crippen LogP contribution in [-0.2, 0) is 22.6 Å². The third-order valence-electron chi connectivity index (χ3n) is 6.16. The molecule has 6 nitrogen and oxygen atoms in total. The first-order valence-electron chi connectivity index (χ1n) is 12.9. The van der Waals surface area contributed by atoms with E-state index in [0.29, 0.717) is 23.8 Å². The summed E-state index contributed by atoms with van der Waals surface area (Å²) in [4.78, 5) is 28.8. The van der Waals surface area contributed by atoms with Gasteiger partial charge in [-0.2, -0.15) is 0 Å². The molecule has 7 heteroatoms. The predicted molar refractivity (Wildman–Crippen MR) is 154 cm³/mol. The van der Waals surface area contributed by atoms with Gasteiger partial charge in [0.2, 0.25) is 5.91 Å². The molecule has 202 valence electrons. The van der Waals surface area contributed by atoms with E-state index < -0.39 is 6.04 Å². The average molecular weight is 582 g/mol. The van der Waals surface area contributed by atoms with Crippen molar-refractivity contribution in [3.8, 4) is 11.5 Å². The molecular weight excluding hydrogens is 544 g/mol. The van der Waals surface area contributed by atoms with E-state index in [1.807, 2.05) is 86.6 Å². The van der Waals surface area contributed by atoms with E-state index in [-0.39, 0.29) is 31.0 Å². The highest BCUT2D eigenvalue weighted by Crippen LogP contribution is 2.29. The second-order valence-corrected chi connectivity index (χ2v) is 10.7. The molecule has 0 aromatic heterocycles. The Balaban J connectivity index is 1.92. The van der Waals surface area contributed by atoms with Gasteiger partial charge in [0.1, 0.15) is 17.5 Å². The van der Waals surface area contributed by atoms with Crippen molar-refractivity contribution in [2.45, 2.75) is 58.7 Å². The van der Waals surface area contributed by atoms with Crippen LogP contribution in [0.1, 0.15) is 50.3 Å². The molecule has 1 N–H and O–H groups in total. The molecule has 3 aromatic carbocycles. The molecule has 0 fully saturated rings. The third kappa shape index (κ3) is 8.35. The van der Waals surface area contributed by atoms with Gasteiger partial charge in [-0.05, 0) is 76.7 Å². The molecule has 3 aromatic rings. The van der Waals surface area contributed by atoms with Crippen LogP contribution in [0, 0.1) is 0 Å². The van der Waals surface area contributed by atoms with Crippen molar-refractivity contribution in [2.75, 3.05) is 13.7 Å². The highest BCUT2D eigenvalue weighted by atomic mass is 79.9. The van der Waals surface area contributed by atoms with E-state index in [1.165, 1.54) is 5.56 Å². The summed E-state index contributed by atoms with van der Waals surface area (Å²) in [5.74, 6) is 1.15. The number of benzene rings is 3. The number of nitrogens with one attached hydrogen (secondary N) is 1. The van der Waals surface area contributed by atoms with Crippen LogP contribution in [0.3, 0.4) is 0 Å². The van der Waals surface area contributed by atoms with Gasteiger partial charge in [-0.25, -0.2) is 0 Å². The van der Waals surface area contributed by atoms with Crippen LogP contribution in [0.2, 0.25) is 0 Å². The van der Waals surface area contributed by atoms with Crippen LogP contribution in [0.5, 0.6) is 11.5 Å². The molecule has 0 bridgehead atoms. The van der Waals surface area contributed by atoms with Crippen LogP contribution in [0.25, 0.3) is 0 Å². The van der Waals surface area contributed by atoms with Crippen molar-refractivity contribution in [3.05, 3.63) is 94.0 Å². The van der Waals surface area contributed by atoms with Crippen molar-refractivity contribution in [1.29, 1.82) is 0 Å². The van der Waals surface area contributed by atoms with Gasteiger partial charge in [-0.15, -0.1) is 0 Å². The van der Waals surface area contributed by atoms with Gasteiger partial charge in [-0.3, -0.25) is 9.59 Å². The molecule has 0 saturated carbocycles. The molecule has 0 aliphatic rings. The number of ether oxygens (including phenoxy) is 2. The van der Waals surface area contributed by atoms with Gasteiger partial charge >= 0.3 is 0 Å². The molecular formula is C31H37BrN2O4. The Morgan fingerprint density at radius 2 is 1.63 bits per heavy atom. The number of carbonyl (C=O) groups excluding carboxylic acids is 2. The van der Waals surface area contributed by atoms with Crippen LogP contribution in [-0.4, -0.2) is 42.5 Å². The smallest absolute Gasteiger partial charge is 0.261 e.